The van der Waals surface area contributed by atoms with Crippen molar-refractivity contribution in [2.75, 3.05) is 11.9 Å². The van der Waals surface area contributed by atoms with Gasteiger partial charge in [-0.2, -0.15) is 0 Å². The van der Waals surface area contributed by atoms with Gasteiger partial charge in [0.25, 0.3) is 5.91 Å². The van der Waals surface area contributed by atoms with E-state index in [0.717, 1.165) is 16.0 Å². The lowest BCUT2D eigenvalue weighted by Crippen LogP contribution is -2.14. The second-order valence-electron chi connectivity index (χ2n) is 8.12. The molecule has 0 unspecified atom stereocenters. The molecule has 0 saturated carbocycles. The fraction of sp³-hybridized carbons (Fsp3) is 0.172. The number of amides is 1. The van der Waals surface area contributed by atoms with Crippen molar-refractivity contribution in [3.8, 4) is 5.75 Å². The van der Waals surface area contributed by atoms with E-state index in [1.54, 1.807) is 37.3 Å². The number of ether oxygens (including phenoxy) is 2. The highest BCUT2D eigenvalue weighted by Crippen LogP contribution is 2.37. The molecule has 0 aliphatic carbocycles. The highest BCUT2D eigenvalue weighted by Gasteiger charge is 2.22. The number of benzene rings is 3. The number of thiophene rings is 1. The fourth-order valence-corrected chi connectivity index (χ4v) is 4.99. The number of carbonyl (C=O) groups excluding carboxylic acids is 2. The van der Waals surface area contributed by atoms with Crippen LogP contribution in [0.2, 0.25) is 5.02 Å². The van der Waals surface area contributed by atoms with Gasteiger partial charge >= 0.3 is 5.97 Å². The molecule has 5 nitrogen and oxygen atoms in total. The second-order valence-corrected chi connectivity index (χ2v) is 9.61. The lowest BCUT2D eigenvalue weighted by molar-refractivity contribution is 0.0528. The number of esters is 1. The molecule has 0 bridgehead atoms. The van der Waals surface area contributed by atoms with E-state index in [0.29, 0.717) is 26.9 Å². The van der Waals surface area contributed by atoms with Gasteiger partial charge in [0.15, 0.2) is 0 Å². The van der Waals surface area contributed by atoms with Crippen LogP contribution in [0.3, 0.4) is 0 Å². The van der Waals surface area contributed by atoms with Gasteiger partial charge in [-0.15, -0.1) is 11.3 Å². The summed E-state index contributed by atoms with van der Waals surface area (Å²) in [6, 6.07) is 26.2. The van der Waals surface area contributed by atoms with Crippen LogP contribution < -0.4 is 10.1 Å². The summed E-state index contributed by atoms with van der Waals surface area (Å²) in [5, 5.41) is 3.91. The molecule has 1 amide bonds. The lowest BCUT2D eigenvalue weighted by atomic mass is 9.99. The Morgan fingerprint density at radius 2 is 1.72 bits per heavy atom. The molecule has 1 heterocycles. The summed E-state index contributed by atoms with van der Waals surface area (Å²) in [5.41, 5.74) is 2.75. The van der Waals surface area contributed by atoms with Gasteiger partial charge in [0, 0.05) is 16.4 Å². The van der Waals surface area contributed by atoms with Crippen LogP contribution in [0.5, 0.6) is 5.75 Å². The van der Waals surface area contributed by atoms with Gasteiger partial charge in [-0.1, -0.05) is 73.1 Å². The second kappa shape index (κ2) is 11.9. The predicted octanol–water partition coefficient (Wildman–Crippen LogP) is 7.56. The molecule has 4 aromatic rings. The third kappa shape index (κ3) is 6.14. The lowest BCUT2D eigenvalue weighted by Gasteiger charge is -2.10. The maximum atomic E-state index is 13.2. The summed E-state index contributed by atoms with van der Waals surface area (Å²) in [6.07, 6.45) is 0. The van der Waals surface area contributed by atoms with Gasteiger partial charge in [-0.3, -0.25) is 4.79 Å². The third-order valence-corrected chi connectivity index (χ3v) is 7.17. The van der Waals surface area contributed by atoms with Crippen LogP contribution in [-0.2, 0) is 11.3 Å². The summed E-state index contributed by atoms with van der Waals surface area (Å²) in [6.45, 7) is 4.34. The molecule has 7 heteroatoms. The van der Waals surface area contributed by atoms with Crippen molar-refractivity contribution in [1.82, 2.24) is 0 Å². The maximum Gasteiger partial charge on any atom is 0.341 e. The minimum absolute atomic E-state index is 0.0558. The minimum atomic E-state index is -0.461. The average Bonchev–Trinajstić information content (AvgIpc) is 3.32. The van der Waals surface area contributed by atoms with Crippen molar-refractivity contribution in [2.24, 2.45) is 0 Å². The van der Waals surface area contributed by atoms with E-state index in [1.807, 2.05) is 54.6 Å². The standard InChI is InChI=1S/C29H26ClNO4S/c1-3-34-29(33)23-17-26(19(2)21-11-5-4-6-12-21)36-28(23)31-27(32)22-13-9-10-20(16-22)18-35-25-15-8-7-14-24(25)30/h4-17,19H,3,18H2,1-2H3,(H,31,32)/t19-/m1/s1. The topological polar surface area (TPSA) is 64.6 Å². The summed E-state index contributed by atoms with van der Waals surface area (Å²) in [7, 11) is 0. The average molecular weight is 520 g/mol. The number of hydrogen-bond donors (Lipinski definition) is 1. The Labute approximate surface area is 219 Å². The van der Waals surface area contributed by atoms with Crippen molar-refractivity contribution in [1.29, 1.82) is 0 Å². The first-order chi connectivity index (χ1) is 17.5. The smallest absolute Gasteiger partial charge is 0.341 e. The maximum absolute atomic E-state index is 13.2. The van der Waals surface area contributed by atoms with E-state index in [1.165, 1.54) is 11.3 Å². The van der Waals surface area contributed by atoms with Crippen LogP contribution >= 0.6 is 22.9 Å². The molecule has 0 spiro atoms. The van der Waals surface area contributed by atoms with Crippen LogP contribution in [0.4, 0.5) is 5.00 Å². The molecule has 4 rings (SSSR count). The summed E-state index contributed by atoms with van der Waals surface area (Å²) in [5.74, 6) is -0.148. The molecule has 36 heavy (non-hydrogen) atoms. The first-order valence-corrected chi connectivity index (χ1v) is 12.8. The van der Waals surface area contributed by atoms with Crippen LogP contribution in [0.15, 0.2) is 84.9 Å². The van der Waals surface area contributed by atoms with E-state index in [9.17, 15) is 9.59 Å². The number of rotatable bonds is 9. The molecule has 184 valence electrons. The summed E-state index contributed by atoms with van der Waals surface area (Å²) < 4.78 is 11.0. The van der Waals surface area contributed by atoms with Crippen molar-refractivity contribution in [3.63, 3.8) is 0 Å². The minimum Gasteiger partial charge on any atom is -0.487 e. The van der Waals surface area contributed by atoms with Crippen LogP contribution in [-0.4, -0.2) is 18.5 Å². The van der Waals surface area contributed by atoms with Gasteiger partial charge in [-0.05, 0) is 48.4 Å². The van der Waals surface area contributed by atoms with Gasteiger partial charge in [0.1, 0.15) is 17.4 Å². The van der Waals surface area contributed by atoms with E-state index in [2.05, 4.69) is 12.2 Å². The van der Waals surface area contributed by atoms with Gasteiger partial charge in [0.05, 0.1) is 17.2 Å². The molecular weight excluding hydrogens is 494 g/mol. The molecule has 0 fully saturated rings. The van der Waals surface area contributed by atoms with E-state index < -0.39 is 5.97 Å². The van der Waals surface area contributed by atoms with Crippen molar-refractivity contribution in [3.05, 3.63) is 117 Å². The van der Waals surface area contributed by atoms with E-state index >= 15 is 0 Å². The Morgan fingerprint density at radius 3 is 2.47 bits per heavy atom. The normalized spacial score (nSPS) is 11.5. The molecule has 0 radical (unpaired) electrons. The summed E-state index contributed by atoms with van der Waals surface area (Å²) in [4.78, 5) is 26.8. The number of nitrogens with one attached hydrogen (secondary N) is 1. The number of carbonyl (C=O) groups is 2. The fourth-order valence-electron chi connectivity index (χ4n) is 3.68. The van der Waals surface area contributed by atoms with Crippen molar-refractivity contribution in [2.45, 2.75) is 26.4 Å². The third-order valence-electron chi connectivity index (χ3n) is 5.62. The molecule has 0 aliphatic rings. The Balaban J connectivity index is 1.54. The molecule has 0 aliphatic heterocycles. The Morgan fingerprint density at radius 1 is 0.972 bits per heavy atom. The van der Waals surface area contributed by atoms with E-state index in [4.69, 9.17) is 21.1 Å². The zero-order valence-corrected chi connectivity index (χ0v) is 21.6. The highest BCUT2D eigenvalue weighted by atomic mass is 35.5. The quantitative estimate of drug-likeness (QED) is 0.232. The number of halogens is 1. The SMILES string of the molecule is CCOC(=O)c1cc([C@H](C)c2ccccc2)sc1NC(=O)c1cccc(COc2ccccc2Cl)c1. The van der Waals surface area contributed by atoms with Gasteiger partial charge < -0.3 is 14.8 Å². The first kappa shape index (κ1) is 25.5. The number of para-hydroxylation sites is 1. The van der Waals surface area contributed by atoms with Crippen molar-refractivity contribution >= 4 is 39.8 Å². The van der Waals surface area contributed by atoms with Crippen LogP contribution in [0, 0.1) is 0 Å². The Bertz CT molecular complexity index is 1350. The number of hydrogen-bond acceptors (Lipinski definition) is 5. The Kier molecular flexibility index (Phi) is 8.41. The largest absolute Gasteiger partial charge is 0.487 e. The van der Waals surface area contributed by atoms with Crippen LogP contribution in [0.1, 0.15) is 56.5 Å². The van der Waals surface area contributed by atoms with Gasteiger partial charge in [0.2, 0.25) is 0 Å². The highest BCUT2D eigenvalue weighted by molar-refractivity contribution is 7.16. The summed E-state index contributed by atoms with van der Waals surface area (Å²) >= 11 is 7.54. The van der Waals surface area contributed by atoms with Crippen molar-refractivity contribution < 1.29 is 19.1 Å². The van der Waals surface area contributed by atoms with E-state index in [-0.39, 0.29) is 25.0 Å². The molecule has 1 atom stereocenters. The van der Waals surface area contributed by atoms with Crippen LogP contribution in [0.25, 0.3) is 0 Å². The van der Waals surface area contributed by atoms with Gasteiger partial charge in [-0.25, -0.2) is 4.79 Å². The molecule has 3 aromatic carbocycles. The molecular formula is C29H26ClNO4S. The molecule has 1 aromatic heterocycles. The molecule has 0 saturated heterocycles. The predicted molar refractivity (Wildman–Crippen MR) is 144 cm³/mol. The monoisotopic (exact) mass is 519 g/mol. The number of anilines is 1. The Hall–Kier alpha value is -3.61. The zero-order chi connectivity index (χ0) is 25.5. The first-order valence-electron chi connectivity index (χ1n) is 11.6. The zero-order valence-electron chi connectivity index (χ0n) is 20.0. The molecule has 1 N–H and O–H groups in total.